The first-order valence-corrected chi connectivity index (χ1v) is 5.57. The Bertz CT molecular complexity index is 298. The summed E-state index contributed by atoms with van der Waals surface area (Å²) in [5.41, 5.74) is -5.79. The van der Waals surface area contributed by atoms with E-state index in [9.17, 15) is 36.2 Å². The molecule has 0 N–H and O–H groups in total. The van der Waals surface area contributed by atoms with Crippen LogP contribution in [0.4, 0.5) is 26.3 Å². The van der Waals surface area contributed by atoms with E-state index in [1.165, 1.54) is 0 Å². The molecule has 0 aromatic heterocycles. The zero-order chi connectivity index (χ0) is 16.0. The molecular weight excluding hydrogens is 298 g/mol. The van der Waals surface area contributed by atoms with Gasteiger partial charge in [-0.15, -0.1) is 0 Å². The van der Waals surface area contributed by atoms with Crippen molar-refractivity contribution in [3.63, 3.8) is 0 Å². The number of halogens is 6. The Kier molecular flexibility index (Phi) is 6.75. The van der Waals surface area contributed by atoms with Crippen molar-refractivity contribution in [3.8, 4) is 0 Å². The molecule has 0 heterocycles. The molecule has 0 aromatic rings. The molecule has 0 aliphatic carbocycles. The van der Waals surface area contributed by atoms with Crippen LogP contribution < -0.4 is 5.11 Å². The lowest BCUT2D eigenvalue weighted by atomic mass is 10.0. The van der Waals surface area contributed by atoms with E-state index in [4.69, 9.17) is 4.74 Å². The zero-order valence-corrected chi connectivity index (χ0v) is 10.4. The van der Waals surface area contributed by atoms with Crippen molar-refractivity contribution >= 4 is 5.97 Å². The molecular formula is C10H13F6O4-. The van der Waals surface area contributed by atoms with Gasteiger partial charge in [0, 0.05) is 6.61 Å². The second-order valence-electron chi connectivity index (χ2n) is 3.78. The van der Waals surface area contributed by atoms with Crippen molar-refractivity contribution in [1.29, 1.82) is 0 Å². The van der Waals surface area contributed by atoms with Crippen molar-refractivity contribution < 1.29 is 45.7 Å². The molecule has 0 saturated carbocycles. The van der Waals surface area contributed by atoms with E-state index < -0.39 is 37.1 Å². The molecule has 0 spiro atoms. The van der Waals surface area contributed by atoms with Crippen LogP contribution in [-0.4, -0.2) is 43.7 Å². The fraction of sp³-hybridized carbons (Fsp3) is 0.900. The van der Waals surface area contributed by atoms with Crippen LogP contribution >= 0.6 is 0 Å². The van der Waals surface area contributed by atoms with Gasteiger partial charge in [-0.05, 0) is 6.42 Å². The maximum absolute atomic E-state index is 12.2. The first-order valence-electron chi connectivity index (χ1n) is 5.57. The number of hydrogen-bond donors (Lipinski definition) is 0. The van der Waals surface area contributed by atoms with Crippen molar-refractivity contribution in [3.05, 3.63) is 0 Å². The smallest absolute Gasteiger partial charge is 0.399 e. The first-order chi connectivity index (χ1) is 8.98. The topological polar surface area (TPSA) is 58.6 Å². The Morgan fingerprint density at radius 2 is 1.50 bits per heavy atom. The Morgan fingerprint density at radius 1 is 1.00 bits per heavy atom. The maximum atomic E-state index is 12.2. The fourth-order valence-electron chi connectivity index (χ4n) is 1.04. The Hall–Kier alpha value is -1.03. The van der Waals surface area contributed by atoms with Crippen LogP contribution in [0.2, 0.25) is 0 Å². The van der Waals surface area contributed by atoms with Crippen LogP contribution in [0.1, 0.15) is 19.8 Å². The quantitative estimate of drug-likeness (QED) is 0.407. The summed E-state index contributed by atoms with van der Waals surface area (Å²) in [4.78, 5) is 10.8. The number of alkyl halides is 6. The highest BCUT2D eigenvalue weighted by molar-refractivity contribution is 5.81. The number of unbranched alkanes of at least 4 members (excludes halogenated alkanes) is 1. The first kappa shape index (κ1) is 19.0. The lowest BCUT2D eigenvalue weighted by molar-refractivity contribution is -0.574. The van der Waals surface area contributed by atoms with Crippen molar-refractivity contribution in [2.24, 2.45) is 0 Å². The minimum atomic E-state index is -6.34. The molecule has 0 radical (unpaired) electrons. The molecule has 0 saturated heterocycles. The third-order valence-corrected chi connectivity index (χ3v) is 2.19. The summed E-state index contributed by atoms with van der Waals surface area (Å²) in [6, 6.07) is 0. The molecule has 0 amide bonds. The van der Waals surface area contributed by atoms with Gasteiger partial charge in [-0.25, -0.2) is 0 Å². The highest BCUT2D eigenvalue weighted by Gasteiger charge is 2.68. The minimum absolute atomic E-state index is 0.217. The van der Waals surface area contributed by atoms with E-state index in [2.05, 4.69) is 4.74 Å². The van der Waals surface area contributed by atoms with Crippen LogP contribution in [0.15, 0.2) is 0 Å². The molecule has 0 aliphatic rings. The Morgan fingerprint density at radius 3 is 1.90 bits per heavy atom. The minimum Gasteiger partial charge on any atom is -0.828 e. The van der Waals surface area contributed by atoms with Crippen molar-refractivity contribution in [1.82, 2.24) is 0 Å². The summed E-state index contributed by atoms with van der Waals surface area (Å²) in [7, 11) is 0. The molecule has 0 unspecified atom stereocenters. The Labute approximate surface area is 110 Å². The zero-order valence-electron chi connectivity index (χ0n) is 10.4. The van der Waals surface area contributed by atoms with Gasteiger partial charge < -0.3 is 14.6 Å². The average molecular weight is 311 g/mol. The molecule has 0 fully saturated rings. The van der Waals surface area contributed by atoms with Crippen LogP contribution in [-0.2, 0) is 14.3 Å². The summed E-state index contributed by atoms with van der Waals surface area (Å²) in [6.07, 6.45) is -11.3. The van der Waals surface area contributed by atoms with E-state index in [0.29, 0.717) is 6.42 Å². The van der Waals surface area contributed by atoms with Gasteiger partial charge in [-0.2, -0.15) is 26.3 Å². The molecule has 0 bridgehead atoms. The van der Waals surface area contributed by atoms with Crippen LogP contribution in [0.25, 0.3) is 0 Å². The number of carbonyl (C=O) groups excluding carboxylic acids is 1. The second-order valence-corrected chi connectivity index (χ2v) is 3.78. The van der Waals surface area contributed by atoms with E-state index in [0.717, 1.165) is 6.42 Å². The van der Waals surface area contributed by atoms with E-state index in [-0.39, 0.29) is 6.61 Å². The van der Waals surface area contributed by atoms with Crippen LogP contribution in [0.5, 0.6) is 0 Å². The third kappa shape index (κ3) is 4.51. The molecule has 0 rings (SSSR count). The van der Waals surface area contributed by atoms with Gasteiger partial charge in [0.1, 0.15) is 6.61 Å². The number of ether oxygens (including phenoxy) is 2. The molecule has 120 valence electrons. The summed E-state index contributed by atoms with van der Waals surface area (Å²) in [5.74, 6) is -2.93. The van der Waals surface area contributed by atoms with E-state index in [1.807, 2.05) is 6.92 Å². The van der Waals surface area contributed by atoms with Gasteiger partial charge in [0.2, 0.25) is 0 Å². The summed E-state index contributed by atoms with van der Waals surface area (Å²) in [6.45, 7) is 0.799. The van der Waals surface area contributed by atoms with Gasteiger partial charge in [0.25, 0.3) is 0 Å². The van der Waals surface area contributed by atoms with Crippen LogP contribution in [0.3, 0.4) is 0 Å². The van der Waals surface area contributed by atoms with E-state index in [1.54, 1.807) is 0 Å². The van der Waals surface area contributed by atoms with Gasteiger partial charge in [0.15, 0.2) is 5.60 Å². The predicted octanol–water partition coefficient (Wildman–Crippen LogP) is 1.57. The van der Waals surface area contributed by atoms with E-state index >= 15 is 0 Å². The number of rotatable bonds is 7. The molecule has 0 atom stereocenters. The highest BCUT2D eigenvalue weighted by atomic mass is 19.4. The molecule has 20 heavy (non-hydrogen) atoms. The average Bonchev–Trinajstić information content (AvgIpc) is 2.29. The van der Waals surface area contributed by atoms with Gasteiger partial charge in [-0.1, -0.05) is 13.3 Å². The monoisotopic (exact) mass is 311 g/mol. The summed E-state index contributed by atoms with van der Waals surface area (Å²) in [5, 5.41) is 10.8. The van der Waals surface area contributed by atoms with Gasteiger partial charge in [0.05, 0.1) is 6.61 Å². The summed E-state index contributed by atoms with van der Waals surface area (Å²) < 4.78 is 81.5. The molecule has 0 aromatic carbocycles. The lowest BCUT2D eigenvalue weighted by Gasteiger charge is -2.40. The highest BCUT2D eigenvalue weighted by Crippen LogP contribution is 2.41. The second kappa shape index (κ2) is 7.11. The lowest BCUT2D eigenvalue weighted by Crippen LogP contribution is -2.71. The van der Waals surface area contributed by atoms with Crippen molar-refractivity contribution in [2.45, 2.75) is 37.7 Å². The number of hydrogen-bond acceptors (Lipinski definition) is 4. The number of esters is 1. The SMILES string of the molecule is CCCCOCCOC(=O)C([O-])(C(F)(F)F)C(F)(F)F. The third-order valence-electron chi connectivity index (χ3n) is 2.19. The largest absolute Gasteiger partial charge is 0.828 e. The van der Waals surface area contributed by atoms with Crippen LogP contribution in [0, 0.1) is 0 Å². The van der Waals surface area contributed by atoms with Gasteiger partial charge >= 0.3 is 18.3 Å². The van der Waals surface area contributed by atoms with Crippen molar-refractivity contribution in [2.75, 3.05) is 19.8 Å². The fourth-order valence-corrected chi connectivity index (χ4v) is 1.04. The summed E-state index contributed by atoms with van der Waals surface area (Å²) >= 11 is 0. The predicted molar refractivity (Wildman–Crippen MR) is 51.5 cm³/mol. The van der Waals surface area contributed by atoms with Gasteiger partial charge in [-0.3, -0.25) is 4.79 Å². The molecule has 10 heteroatoms. The standard InChI is InChI=1S/C10H13F6O4/c1-2-3-4-19-5-6-20-7(17)8(18,9(11,12)13)10(14,15)16/h2-6H2,1H3/q-1. The Balaban J connectivity index is 4.54. The number of carbonyl (C=O) groups is 1. The molecule has 4 nitrogen and oxygen atoms in total. The molecule has 0 aliphatic heterocycles. The maximum Gasteiger partial charge on any atom is 0.399 e. The normalized spacial score (nSPS) is 13.4.